The fourth-order valence-corrected chi connectivity index (χ4v) is 3.05. The molecule has 0 atom stereocenters. The fraction of sp³-hybridized carbons (Fsp3) is 0.737. The third-order valence-electron chi connectivity index (χ3n) is 4.82. The number of hydrogen-bond donors (Lipinski definition) is 2. The minimum Gasteiger partial charge on any atom is -0.428 e. The lowest BCUT2D eigenvalue weighted by atomic mass is 10.0. The van der Waals surface area contributed by atoms with Crippen molar-refractivity contribution < 1.29 is 5.21 Å². The summed E-state index contributed by atoms with van der Waals surface area (Å²) < 4.78 is 1.22. The zero-order valence-corrected chi connectivity index (χ0v) is 15.4. The van der Waals surface area contributed by atoms with Crippen molar-refractivity contribution in [2.24, 2.45) is 0 Å². The summed E-state index contributed by atoms with van der Waals surface area (Å²) >= 11 is 0. The largest absolute Gasteiger partial charge is 0.428 e. The van der Waals surface area contributed by atoms with E-state index in [9.17, 15) is 10.0 Å². The van der Waals surface area contributed by atoms with Crippen molar-refractivity contribution in [3.05, 3.63) is 32.7 Å². The molecule has 1 rings (SSSR count). The molecule has 0 saturated carbocycles. The lowest BCUT2D eigenvalue weighted by Crippen LogP contribution is -2.21. The van der Waals surface area contributed by atoms with Gasteiger partial charge in [-0.15, -0.1) is 0 Å². The topological polar surface area (TPSA) is 54.3 Å². The molecular weight excluding hydrogens is 288 g/mol. The van der Waals surface area contributed by atoms with E-state index in [1.807, 2.05) is 14.0 Å². The summed E-state index contributed by atoms with van der Waals surface area (Å²) in [7, 11) is 2.00. The molecule has 0 aromatic carbocycles. The molecule has 0 aliphatic carbocycles. The Bertz CT molecular complexity index is 535. The van der Waals surface area contributed by atoms with Crippen LogP contribution < -0.4 is 10.7 Å². The summed E-state index contributed by atoms with van der Waals surface area (Å²) in [6, 6.07) is 0. The van der Waals surface area contributed by atoms with Gasteiger partial charge in [-0.1, -0.05) is 38.5 Å². The quantitative estimate of drug-likeness (QED) is 0.480. The van der Waals surface area contributed by atoms with Crippen LogP contribution in [-0.2, 0) is 6.42 Å². The molecule has 0 aliphatic heterocycles. The molecule has 0 amide bonds. The first-order chi connectivity index (χ1) is 11.0. The van der Waals surface area contributed by atoms with E-state index in [2.05, 4.69) is 5.32 Å². The molecule has 132 valence electrons. The number of rotatable bonds is 11. The van der Waals surface area contributed by atoms with E-state index in [0.717, 1.165) is 31.5 Å². The first kappa shape index (κ1) is 19.8. The maximum Gasteiger partial charge on any atom is 0.188 e. The Morgan fingerprint density at radius 1 is 0.870 bits per heavy atom. The average Bonchev–Trinajstić information content (AvgIpc) is 2.55. The molecule has 0 unspecified atom stereocenters. The molecule has 0 aliphatic rings. The summed E-state index contributed by atoms with van der Waals surface area (Å²) in [5.41, 5.74) is 2.86. The van der Waals surface area contributed by atoms with Crippen LogP contribution in [0.2, 0.25) is 0 Å². The van der Waals surface area contributed by atoms with Crippen molar-refractivity contribution in [1.82, 2.24) is 10.0 Å². The Kier molecular flexibility index (Phi) is 9.00. The Morgan fingerprint density at radius 2 is 1.39 bits per heavy atom. The predicted molar refractivity (Wildman–Crippen MR) is 96.7 cm³/mol. The van der Waals surface area contributed by atoms with Crippen LogP contribution in [0.1, 0.15) is 73.9 Å². The zero-order chi connectivity index (χ0) is 17.2. The normalized spacial score (nSPS) is 11.1. The Balaban J connectivity index is 2.28. The summed E-state index contributed by atoms with van der Waals surface area (Å²) in [6.07, 6.45) is 10.7. The van der Waals surface area contributed by atoms with Crippen LogP contribution >= 0.6 is 0 Å². The van der Waals surface area contributed by atoms with Crippen LogP contribution in [0.15, 0.2) is 4.79 Å². The molecule has 0 saturated heterocycles. The molecule has 0 fully saturated rings. The molecule has 0 bridgehead atoms. The fourth-order valence-electron chi connectivity index (χ4n) is 3.05. The van der Waals surface area contributed by atoms with E-state index in [-0.39, 0.29) is 5.43 Å². The lowest BCUT2D eigenvalue weighted by molar-refractivity contribution is 0.165. The SMILES string of the molecule is CNCCCCCCCCCCc1c(C)c(=O)c(C)c(C)n1O. The minimum absolute atomic E-state index is 0.0735. The second-order valence-electron chi connectivity index (χ2n) is 6.61. The van der Waals surface area contributed by atoms with Gasteiger partial charge in [-0.25, -0.2) is 0 Å². The first-order valence-corrected chi connectivity index (χ1v) is 9.06. The smallest absolute Gasteiger partial charge is 0.188 e. The maximum atomic E-state index is 12.1. The first-order valence-electron chi connectivity index (χ1n) is 9.06. The summed E-state index contributed by atoms with van der Waals surface area (Å²) in [6.45, 7) is 6.52. The lowest BCUT2D eigenvalue weighted by Gasteiger charge is -2.15. The van der Waals surface area contributed by atoms with Gasteiger partial charge in [0.1, 0.15) is 0 Å². The Labute approximate surface area is 140 Å². The maximum absolute atomic E-state index is 12.1. The van der Waals surface area contributed by atoms with Crippen molar-refractivity contribution in [3.63, 3.8) is 0 Å². The van der Waals surface area contributed by atoms with Crippen molar-refractivity contribution in [2.45, 2.75) is 78.6 Å². The standard InChI is InChI=1S/C19H34N2O2/c1-15-17(3)21(23)18(16(2)19(15)22)13-11-9-7-5-6-8-10-12-14-20-4/h20,23H,5-14H2,1-4H3. The molecule has 2 N–H and O–H groups in total. The number of aromatic nitrogens is 1. The number of pyridine rings is 1. The molecule has 1 heterocycles. The van der Waals surface area contributed by atoms with Crippen molar-refractivity contribution in [1.29, 1.82) is 0 Å². The minimum atomic E-state index is 0.0735. The number of unbranched alkanes of at least 4 members (excludes halogenated alkanes) is 7. The molecule has 1 aromatic heterocycles. The van der Waals surface area contributed by atoms with Crippen LogP contribution in [-0.4, -0.2) is 23.5 Å². The molecule has 4 heteroatoms. The van der Waals surface area contributed by atoms with E-state index < -0.39 is 0 Å². The Morgan fingerprint density at radius 3 is 1.96 bits per heavy atom. The van der Waals surface area contributed by atoms with E-state index in [1.54, 1.807) is 13.8 Å². The third kappa shape index (κ3) is 6.02. The van der Waals surface area contributed by atoms with Gasteiger partial charge < -0.3 is 10.5 Å². The predicted octanol–water partition coefficient (Wildman–Crippen LogP) is 3.89. The van der Waals surface area contributed by atoms with E-state index >= 15 is 0 Å². The van der Waals surface area contributed by atoms with Gasteiger partial charge >= 0.3 is 0 Å². The molecule has 0 spiro atoms. The van der Waals surface area contributed by atoms with Crippen molar-refractivity contribution >= 4 is 0 Å². The van der Waals surface area contributed by atoms with Gasteiger partial charge in [0.15, 0.2) is 5.43 Å². The van der Waals surface area contributed by atoms with Gasteiger partial charge in [-0.3, -0.25) is 4.79 Å². The van der Waals surface area contributed by atoms with Crippen molar-refractivity contribution in [3.8, 4) is 0 Å². The molecule has 0 radical (unpaired) electrons. The van der Waals surface area contributed by atoms with E-state index in [1.165, 1.54) is 43.3 Å². The number of nitrogens with one attached hydrogen (secondary N) is 1. The average molecular weight is 322 g/mol. The van der Waals surface area contributed by atoms with Crippen LogP contribution in [0.3, 0.4) is 0 Å². The van der Waals surface area contributed by atoms with Gasteiger partial charge in [0, 0.05) is 11.1 Å². The molecule has 1 aromatic rings. The molecule has 23 heavy (non-hydrogen) atoms. The highest BCUT2D eigenvalue weighted by Crippen LogP contribution is 2.14. The van der Waals surface area contributed by atoms with Gasteiger partial charge in [-0.05, 0) is 53.6 Å². The van der Waals surface area contributed by atoms with E-state index in [0.29, 0.717) is 16.8 Å². The van der Waals surface area contributed by atoms with Gasteiger partial charge in [-0.2, -0.15) is 4.73 Å². The highest BCUT2D eigenvalue weighted by atomic mass is 16.5. The monoisotopic (exact) mass is 322 g/mol. The number of hydrogen-bond acceptors (Lipinski definition) is 3. The van der Waals surface area contributed by atoms with Gasteiger partial charge in [0.25, 0.3) is 0 Å². The Hall–Kier alpha value is -1.29. The van der Waals surface area contributed by atoms with Crippen LogP contribution in [0.25, 0.3) is 0 Å². The second-order valence-corrected chi connectivity index (χ2v) is 6.61. The highest BCUT2D eigenvalue weighted by molar-refractivity contribution is 5.29. The highest BCUT2D eigenvalue weighted by Gasteiger charge is 2.13. The van der Waals surface area contributed by atoms with E-state index in [4.69, 9.17) is 0 Å². The molecular formula is C19H34N2O2. The van der Waals surface area contributed by atoms with Gasteiger partial charge in [0.2, 0.25) is 0 Å². The third-order valence-corrected chi connectivity index (χ3v) is 4.82. The zero-order valence-electron chi connectivity index (χ0n) is 15.4. The molecule has 4 nitrogen and oxygen atoms in total. The second kappa shape index (κ2) is 10.5. The van der Waals surface area contributed by atoms with Crippen LogP contribution in [0, 0.1) is 20.8 Å². The summed E-state index contributed by atoms with van der Waals surface area (Å²) in [4.78, 5) is 12.1. The van der Waals surface area contributed by atoms with Crippen molar-refractivity contribution in [2.75, 3.05) is 13.6 Å². The van der Waals surface area contributed by atoms with Crippen LogP contribution in [0.4, 0.5) is 0 Å². The van der Waals surface area contributed by atoms with Gasteiger partial charge in [0.05, 0.1) is 11.4 Å². The summed E-state index contributed by atoms with van der Waals surface area (Å²) in [5.74, 6) is 0. The van der Waals surface area contributed by atoms with Crippen LogP contribution in [0.5, 0.6) is 0 Å². The summed E-state index contributed by atoms with van der Waals surface area (Å²) in [5, 5.41) is 13.4. The number of nitrogens with zero attached hydrogens (tertiary/aromatic N) is 1.